The van der Waals surface area contributed by atoms with Gasteiger partial charge in [0.15, 0.2) is 5.78 Å². The van der Waals surface area contributed by atoms with E-state index in [0.717, 1.165) is 28.1 Å². The van der Waals surface area contributed by atoms with E-state index in [1.165, 1.54) is 11.8 Å². The number of esters is 1. The van der Waals surface area contributed by atoms with Gasteiger partial charge in [-0.1, -0.05) is 41.6 Å². The molecule has 0 saturated carbocycles. The van der Waals surface area contributed by atoms with Crippen molar-refractivity contribution in [2.45, 2.75) is 27.2 Å². The number of ether oxygens (including phenoxy) is 1. The number of nitrogens with one attached hydrogen (secondary N) is 1. The van der Waals surface area contributed by atoms with Crippen LogP contribution in [0.15, 0.2) is 59.2 Å². The van der Waals surface area contributed by atoms with Crippen LogP contribution in [0.2, 0.25) is 0 Å². The fourth-order valence-corrected chi connectivity index (χ4v) is 3.80. The number of Topliss-reactive ketones (excluding diaryl/α,β-unsaturated/α-hetero) is 1. The number of nitrogens with zero attached hydrogens (tertiary/aromatic N) is 1. The van der Waals surface area contributed by atoms with E-state index in [0.29, 0.717) is 17.3 Å². The summed E-state index contributed by atoms with van der Waals surface area (Å²) in [6.45, 7) is 6.04. The summed E-state index contributed by atoms with van der Waals surface area (Å²) in [5.74, 6) is 0.0280. The number of aliphatic imine (C=N–C) groups is 1. The largest absolute Gasteiger partial charge is 0.466 e. The third-order valence-corrected chi connectivity index (χ3v) is 5.32. The third kappa shape index (κ3) is 5.57. The number of carbonyl (C=O) groups excluding carboxylic acids is 2. The molecule has 2 aromatic carbocycles. The molecule has 0 aliphatic carbocycles. The Labute approximate surface area is 175 Å². The van der Waals surface area contributed by atoms with Crippen molar-refractivity contribution < 1.29 is 14.3 Å². The highest BCUT2D eigenvalue weighted by Crippen LogP contribution is 2.31. The Morgan fingerprint density at radius 1 is 1.14 bits per heavy atom. The number of benzene rings is 2. The lowest BCUT2D eigenvalue weighted by atomic mass is 10.0. The zero-order valence-electron chi connectivity index (χ0n) is 16.8. The number of rotatable bonds is 6. The molecule has 1 heterocycles. The molecule has 6 heteroatoms. The van der Waals surface area contributed by atoms with Crippen molar-refractivity contribution in [2.24, 2.45) is 4.99 Å². The summed E-state index contributed by atoms with van der Waals surface area (Å²) in [7, 11) is 0. The standard InChI is InChI=1S/C23H24N2O3S/c1-4-28-23(27)13-17-12-22(25-20-8-6-5-7-19(20)24-17)29-14-21(26)18-11-15(2)9-10-16(18)3/h5-12,24H,4,13-14H2,1-3H3. The number of ketones is 1. The number of thioether (sulfide) groups is 1. The van der Waals surface area contributed by atoms with Gasteiger partial charge < -0.3 is 10.1 Å². The summed E-state index contributed by atoms with van der Waals surface area (Å²) in [6, 6.07) is 13.5. The van der Waals surface area contributed by atoms with Gasteiger partial charge in [0.2, 0.25) is 0 Å². The van der Waals surface area contributed by atoms with E-state index in [1.807, 2.05) is 62.4 Å². The van der Waals surface area contributed by atoms with Crippen molar-refractivity contribution in [2.75, 3.05) is 17.7 Å². The Morgan fingerprint density at radius 3 is 2.72 bits per heavy atom. The van der Waals surface area contributed by atoms with Crippen LogP contribution in [0.4, 0.5) is 11.4 Å². The van der Waals surface area contributed by atoms with Gasteiger partial charge in [0.05, 0.1) is 35.2 Å². The normalized spacial score (nSPS) is 12.8. The summed E-state index contributed by atoms with van der Waals surface area (Å²) in [5, 5.41) is 3.94. The van der Waals surface area contributed by atoms with E-state index < -0.39 is 0 Å². The van der Waals surface area contributed by atoms with Crippen LogP contribution in [0, 0.1) is 13.8 Å². The molecule has 3 rings (SSSR count). The third-order valence-electron chi connectivity index (χ3n) is 4.41. The summed E-state index contributed by atoms with van der Waals surface area (Å²) >= 11 is 1.37. The Morgan fingerprint density at radius 2 is 1.93 bits per heavy atom. The van der Waals surface area contributed by atoms with Gasteiger partial charge in [-0.3, -0.25) is 9.59 Å². The Balaban J connectivity index is 1.81. The van der Waals surface area contributed by atoms with Gasteiger partial charge in [0, 0.05) is 11.3 Å². The van der Waals surface area contributed by atoms with E-state index in [1.54, 1.807) is 6.92 Å². The lowest BCUT2D eigenvalue weighted by molar-refractivity contribution is -0.142. The molecule has 0 fully saturated rings. The predicted molar refractivity (Wildman–Crippen MR) is 119 cm³/mol. The number of carbonyl (C=O) groups is 2. The lowest BCUT2D eigenvalue weighted by Crippen LogP contribution is -2.11. The Kier molecular flexibility index (Phi) is 6.88. The highest BCUT2D eigenvalue weighted by Gasteiger charge is 2.16. The van der Waals surface area contributed by atoms with Crippen LogP contribution in [-0.4, -0.2) is 29.2 Å². The second-order valence-electron chi connectivity index (χ2n) is 6.77. The van der Waals surface area contributed by atoms with Crippen molar-refractivity contribution in [1.29, 1.82) is 0 Å². The predicted octanol–water partition coefficient (Wildman–Crippen LogP) is 5.21. The number of hydrogen-bond acceptors (Lipinski definition) is 6. The van der Waals surface area contributed by atoms with Crippen molar-refractivity contribution in [3.8, 4) is 0 Å². The molecule has 0 unspecified atom stereocenters. The summed E-state index contributed by atoms with van der Waals surface area (Å²) in [6.07, 6.45) is 1.94. The molecule has 150 valence electrons. The van der Waals surface area contributed by atoms with E-state index in [9.17, 15) is 9.59 Å². The van der Waals surface area contributed by atoms with Crippen LogP contribution >= 0.6 is 11.8 Å². The molecule has 1 N–H and O–H groups in total. The molecule has 0 atom stereocenters. The topological polar surface area (TPSA) is 67.8 Å². The van der Waals surface area contributed by atoms with Crippen LogP contribution in [0.1, 0.15) is 34.8 Å². The number of aryl methyl sites for hydroxylation is 2. The second-order valence-corrected chi connectivity index (χ2v) is 7.77. The van der Waals surface area contributed by atoms with Crippen molar-refractivity contribution >= 4 is 39.9 Å². The smallest absolute Gasteiger partial charge is 0.311 e. The molecule has 0 saturated heterocycles. The molecule has 0 spiro atoms. The quantitative estimate of drug-likeness (QED) is 0.525. The zero-order chi connectivity index (χ0) is 20.8. The van der Waals surface area contributed by atoms with Gasteiger partial charge in [-0.25, -0.2) is 4.99 Å². The average Bonchev–Trinajstić information content (AvgIpc) is 2.86. The van der Waals surface area contributed by atoms with Gasteiger partial charge in [-0.2, -0.15) is 0 Å². The van der Waals surface area contributed by atoms with E-state index in [4.69, 9.17) is 4.74 Å². The fraction of sp³-hybridized carbons (Fsp3) is 0.261. The SMILES string of the molecule is CCOC(=O)CC1=CC(SCC(=O)c2cc(C)ccc2C)=Nc2ccccc2N1. The first kappa shape index (κ1) is 20.9. The van der Waals surface area contributed by atoms with E-state index >= 15 is 0 Å². The van der Waals surface area contributed by atoms with Crippen molar-refractivity contribution in [3.63, 3.8) is 0 Å². The minimum atomic E-state index is -0.304. The second kappa shape index (κ2) is 9.56. The van der Waals surface area contributed by atoms with Gasteiger partial charge in [-0.05, 0) is 50.6 Å². The minimum Gasteiger partial charge on any atom is -0.466 e. The molecule has 0 aromatic heterocycles. The lowest BCUT2D eigenvalue weighted by Gasteiger charge is -2.10. The van der Waals surface area contributed by atoms with Gasteiger partial charge >= 0.3 is 5.97 Å². The molecular weight excluding hydrogens is 384 g/mol. The van der Waals surface area contributed by atoms with E-state index in [2.05, 4.69) is 10.3 Å². The van der Waals surface area contributed by atoms with Crippen molar-refractivity contribution in [3.05, 3.63) is 70.9 Å². The van der Waals surface area contributed by atoms with Crippen LogP contribution in [-0.2, 0) is 9.53 Å². The van der Waals surface area contributed by atoms with Crippen LogP contribution < -0.4 is 5.32 Å². The number of anilines is 1. The molecule has 29 heavy (non-hydrogen) atoms. The van der Waals surface area contributed by atoms with Crippen LogP contribution in [0.3, 0.4) is 0 Å². The van der Waals surface area contributed by atoms with Gasteiger partial charge in [-0.15, -0.1) is 0 Å². The molecule has 0 bridgehead atoms. The summed E-state index contributed by atoms with van der Waals surface area (Å²) in [4.78, 5) is 29.4. The molecule has 2 aromatic rings. The highest BCUT2D eigenvalue weighted by molar-refractivity contribution is 8.14. The molecule has 0 amide bonds. The maximum atomic E-state index is 12.8. The minimum absolute atomic E-state index is 0.0599. The van der Waals surface area contributed by atoms with E-state index in [-0.39, 0.29) is 23.9 Å². The zero-order valence-corrected chi connectivity index (χ0v) is 17.6. The van der Waals surface area contributed by atoms with Gasteiger partial charge in [0.1, 0.15) is 0 Å². The van der Waals surface area contributed by atoms with Crippen molar-refractivity contribution in [1.82, 2.24) is 0 Å². The molecular formula is C23H24N2O3S. The number of hydrogen-bond donors (Lipinski definition) is 1. The van der Waals surface area contributed by atoms with Crippen LogP contribution in [0.5, 0.6) is 0 Å². The van der Waals surface area contributed by atoms with Gasteiger partial charge in [0.25, 0.3) is 0 Å². The molecule has 0 radical (unpaired) electrons. The highest BCUT2D eigenvalue weighted by atomic mass is 32.2. The summed E-state index contributed by atoms with van der Waals surface area (Å²) in [5.41, 5.74) is 5.05. The Hall–Kier alpha value is -2.86. The average molecular weight is 409 g/mol. The fourth-order valence-electron chi connectivity index (χ4n) is 2.98. The number of fused-ring (bicyclic) bond motifs is 1. The first-order valence-electron chi connectivity index (χ1n) is 9.50. The molecule has 1 aliphatic heterocycles. The maximum Gasteiger partial charge on any atom is 0.311 e. The maximum absolute atomic E-state index is 12.8. The van der Waals surface area contributed by atoms with Crippen LogP contribution in [0.25, 0.3) is 0 Å². The molecule has 1 aliphatic rings. The summed E-state index contributed by atoms with van der Waals surface area (Å²) < 4.78 is 5.07. The number of para-hydroxylation sites is 2. The Bertz CT molecular complexity index is 995. The monoisotopic (exact) mass is 408 g/mol. The first-order valence-corrected chi connectivity index (χ1v) is 10.5. The first-order chi connectivity index (χ1) is 14.0. The molecule has 5 nitrogen and oxygen atoms in total.